The molecule has 0 aromatic heterocycles. The molecule has 1 aromatic rings. The topological polar surface area (TPSA) is 81.8 Å². The van der Waals surface area contributed by atoms with Crippen molar-refractivity contribution in [3.63, 3.8) is 0 Å². The number of piperazine rings is 1. The molecule has 0 bridgehead atoms. The second kappa shape index (κ2) is 11.7. The number of amides is 4. The Hall–Kier alpha value is -2.57. The van der Waals surface area contributed by atoms with Gasteiger partial charge in [-0.25, -0.2) is 4.79 Å². The van der Waals surface area contributed by atoms with Gasteiger partial charge >= 0.3 is 6.03 Å². The van der Waals surface area contributed by atoms with E-state index in [0.717, 1.165) is 48.9 Å². The molecule has 3 unspecified atom stereocenters. The summed E-state index contributed by atoms with van der Waals surface area (Å²) in [6.45, 7) is 11.5. The van der Waals surface area contributed by atoms with Gasteiger partial charge in [-0.2, -0.15) is 0 Å². The van der Waals surface area contributed by atoms with E-state index in [1.807, 2.05) is 62.6 Å². The molecule has 1 saturated carbocycles. The van der Waals surface area contributed by atoms with Gasteiger partial charge in [-0.3, -0.25) is 9.59 Å². The first-order chi connectivity index (χ1) is 16.2. The highest BCUT2D eigenvalue weighted by Crippen LogP contribution is 2.27. The summed E-state index contributed by atoms with van der Waals surface area (Å²) >= 11 is 0. The van der Waals surface area contributed by atoms with Crippen LogP contribution in [0.15, 0.2) is 18.2 Å². The number of carbonyl (C=O) groups excluding carboxylic acids is 3. The number of anilines is 1. The molecular weight excluding hydrogens is 428 g/mol. The van der Waals surface area contributed by atoms with E-state index in [4.69, 9.17) is 0 Å². The largest absolute Gasteiger partial charge is 0.337 e. The van der Waals surface area contributed by atoms with Crippen LogP contribution in [0.25, 0.3) is 0 Å². The Bertz CT molecular complexity index is 860. The highest BCUT2D eigenvalue weighted by Gasteiger charge is 2.37. The Morgan fingerprint density at radius 3 is 2.29 bits per heavy atom. The highest BCUT2D eigenvalue weighted by molar-refractivity contribution is 5.95. The minimum Gasteiger partial charge on any atom is -0.337 e. The number of benzene rings is 1. The molecule has 1 heterocycles. The van der Waals surface area contributed by atoms with Crippen LogP contribution in [0.5, 0.6) is 0 Å². The van der Waals surface area contributed by atoms with Crippen LogP contribution in [-0.2, 0) is 9.59 Å². The maximum atomic E-state index is 13.5. The predicted octanol–water partition coefficient (Wildman–Crippen LogP) is 4.48. The normalized spacial score (nSPS) is 21.0. The van der Waals surface area contributed by atoms with Crippen LogP contribution in [0.3, 0.4) is 0 Å². The van der Waals surface area contributed by atoms with E-state index in [0.29, 0.717) is 19.6 Å². The van der Waals surface area contributed by atoms with Gasteiger partial charge in [0.2, 0.25) is 11.8 Å². The first-order valence-electron chi connectivity index (χ1n) is 13.0. The lowest BCUT2D eigenvalue weighted by atomic mass is 9.87. The molecule has 2 fully saturated rings. The molecule has 1 aliphatic carbocycles. The van der Waals surface area contributed by atoms with Crippen molar-refractivity contribution in [2.75, 3.05) is 25.0 Å². The van der Waals surface area contributed by atoms with Crippen LogP contribution in [0, 0.1) is 25.7 Å². The first kappa shape index (κ1) is 26.0. The second-order valence-corrected chi connectivity index (χ2v) is 10.2. The SMILES string of the molecule is CCC(C)C(NC(=O)Nc1c(C)cccc1C)C(=O)N1CCN(C(=O)C2CCCCC2)C(C)C1. The Labute approximate surface area is 204 Å². The molecule has 0 radical (unpaired) electrons. The van der Waals surface area contributed by atoms with Crippen molar-refractivity contribution in [1.29, 1.82) is 0 Å². The smallest absolute Gasteiger partial charge is 0.319 e. The second-order valence-electron chi connectivity index (χ2n) is 10.2. The van der Waals surface area contributed by atoms with Crippen molar-refractivity contribution in [3.8, 4) is 0 Å². The van der Waals surface area contributed by atoms with Gasteiger partial charge in [-0.05, 0) is 50.7 Å². The Balaban J connectivity index is 1.63. The molecular formula is C27H42N4O3. The third-order valence-corrected chi connectivity index (χ3v) is 7.66. The third-order valence-electron chi connectivity index (χ3n) is 7.66. The Morgan fingerprint density at radius 1 is 1.06 bits per heavy atom. The van der Waals surface area contributed by atoms with Gasteiger partial charge in [0, 0.05) is 37.3 Å². The molecule has 1 aliphatic heterocycles. The maximum Gasteiger partial charge on any atom is 0.319 e. The third kappa shape index (κ3) is 6.10. The fraction of sp³-hybridized carbons (Fsp3) is 0.667. The van der Waals surface area contributed by atoms with Crippen LogP contribution in [-0.4, -0.2) is 59.4 Å². The number of rotatable bonds is 6. The summed E-state index contributed by atoms with van der Waals surface area (Å²) in [7, 11) is 0. The monoisotopic (exact) mass is 470 g/mol. The number of aryl methyl sites for hydroxylation is 2. The molecule has 0 spiro atoms. The molecule has 3 rings (SSSR count). The summed E-state index contributed by atoms with van der Waals surface area (Å²) in [5.41, 5.74) is 2.74. The van der Waals surface area contributed by atoms with Crippen LogP contribution in [0.4, 0.5) is 10.5 Å². The minimum atomic E-state index is -0.609. The summed E-state index contributed by atoms with van der Waals surface area (Å²) in [6.07, 6.45) is 6.24. The van der Waals surface area contributed by atoms with Gasteiger partial charge in [-0.1, -0.05) is 57.7 Å². The summed E-state index contributed by atoms with van der Waals surface area (Å²) in [4.78, 5) is 43.2. The number of carbonyl (C=O) groups is 3. The molecule has 2 aliphatic rings. The Morgan fingerprint density at radius 2 is 1.71 bits per heavy atom. The lowest BCUT2D eigenvalue weighted by Gasteiger charge is -2.43. The standard InChI is InChI=1S/C27H42N4O3/c1-6-18(2)24(29-27(34)28-23-19(3)11-10-12-20(23)4)26(33)30-15-16-31(21(5)17-30)25(32)22-13-8-7-9-14-22/h10-12,18,21-22,24H,6-9,13-17H2,1-5H3,(H2,28,29,34). The lowest BCUT2D eigenvalue weighted by Crippen LogP contribution is -2.61. The zero-order valence-corrected chi connectivity index (χ0v) is 21.5. The van der Waals surface area contributed by atoms with Crippen molar-refractivity contribution in [2.24, 2.45) is 11.8 Å². The quantitative estimate of drug-likeness (QED) is 0.643. The molecule has 1 saturated heterocycles. The van der Waals surface area contributed by atoms with Gasteiger partial charge in [0.15, 0.2) is 0 Å². The van der Waals surface area contributed by atoms with Gasteiger partial charge in [0.25, 0.3) is 0 Å². The summed E-state index contributed by atoms with van der Waals surface area (Å²) in [5, 5.41) is 5.89. The van der Waals surface area contributed by atoms with Crippen LogP contribution >= 0.6 is 0 Å². The van der Waals surface area contributed by atoms with E-state index in [-0.39, 0.29) is 35.7 Å². The number of nitrogens with zero attached hydrogens (tertiary/aromatic N) is 2. The zero-order chi connectivity index (χ0) is 24.8. The molecule has 34 heavy (non-hydrogen) atoms. The molecule has 4 amide bonds. The average Bonchev–Trinajstić information content (AvgIpc) is 2.84. The van der Waals surface area contributed by atoms with Gasteiger partial charge in [-0.15, -0.1) is 0 Å². The molecule has 7 heteroatoms. The summed E-state index contributed by atoms with van der Waals surface area (Å²) in [5.74, 6) is 0.321. The fourth-order valence-electron chi connectivity index (χ4n) is 5.25. The highest BCUT2D eigenvalue weighted by atomic mass is 16.2. The molecule has 7 nitrogen and oxygen atoms in total. The van der Waals surface area contributed by atoms with Gasteiger partial charge in [0.1, 0.15) is 6.04 Å². The van der Waals surface area contributed by atoms with E-state index in [9.17, 15) is 14.4 Å². The van der Waals surface area contributed by atoms with Crippen molar-refractivity contribution in [1.82, 2.24) is 15.1 Å². The minimum absolute atomic E-state index is 0.00609. The van der Waals surface area contributed by atoms with E-state index < -0.39 is 6.04 Å². The van der Waals surface area contributed by atoms with Crippen LogP contribution in [0.1, 0.15) is 70.4 Å². The van der Waals surface area contributed by atoms with E-state index in [1.165, 1.54) is 6.42 Å². The van der Waals surface area contributed by atoms with Crippen LogP contribution < -0.4 is 10.6 Å². The lowest BCUT2D eigenvalue weighted by molar-refractivity contribution is -0.147. The molecule has 2 N–H and O–H groups in total. The van der Waals surface area contributed by atoms with Crippen molar-refractivity contribution < 1.29 is 14.4 Å². The number of urea groups is 1. The fourth-order valence-corrected chi connectivity index (χ4v) is 5.25. The van der Waals surface area contributed by atoms with Gasteiger partial charge in [0.05, 0.1) is 0 Å². The number of hydrogen-bond donors (Lipinski definition) is 2. The van der Waals surface area contributed by atoms with E-state index >= 15 is 0 Å². The molecule has 188 valence electrons. The van der Waals surface area contributed by atoms with Crippen molar-refractivity contribution in [2.45, 2.75) is 85.2 Å². The zero-order valence-electron chi connectivity index (χ0n) is 21.5. The number of hydrogen-bond acceptors (Lipinski definition) is 3. The maximum absolute atomic E-state index is 13.5. The van der Waals surface area contributed by atoms with Crippen LogP contribution in [0.2, 0.25) is 0 Å². The summed E-state index contributed by atoms with van der Waals surface area (Å²) < 4.78 is 0. The number of para-hydroxylation sites is 1. The van der Waals surface area contributed by atoms with Crippen molar-refractivity contribution in [3.05, 3.63) is 29.3 Å². The first-order valence-corrected chi connectivity index (χ1v) is 13.0. The molecule has 1 aromatic carbocycles. The predicted molar refractivity (Wildman–Crippen MR) is 136 cm³/mol. The van der Waals surface area contributed by atoms with E-state index in [1.54, 1.807) is 0 Å². The van der Waals surface area contributed by atoms with Gasteiger partial charge < -0.3 is 20.4 Å². The Kier molecular flexibility index (Phi) is 8.97. The summed E-state index contributed by atoms with van der Waals surface area (Å²) in [6, 6.07) is 4.87. The molecule has 3 atom stereocenters. The van der Waals surface area contributed by atoms with Crippen molar-refractivity contribution >= 4 is 23.5 Å². The van der Waals surface area contributed by atoms with E-state index in [2.05, 4.69) is 10.6 Å². The number of nitrogens with one attached hydrogen (secondary N) is 2. The average molecular weight is 471 g/mol.